The van der Waals surface area contributed by atoms with Crippen molar-refractivity contribution in [1.82, 2.24) is 0 Å². The Kier molecular flexibility index (Phi) is 5.48. The number of hydrogen-bond acceptors (Lipinski definition) is 4. The summed E-state index contributed by atoms with van der Waals surface area (Å²) in [7, 11) is 0. The maximum atomic E-state index is 10.2. The molecule has 0 saturated heterocycles. The van der Waals surface area contributed by atoms with Crippen LogP contribution in [0.4, 0.5) is 0 Å². The average Bonchev–Trinajstić information content (AvgIpc) is 1.97. The predicted molar refractivity (Wildman–Crippen MR) is 45.2 cm³/mol. The molecule has 0 fully saturated rings. The molecule has 0 bridgehead atoms. The van der Waals surface area contributed by atoms with Gasteiger partial charge in [0.15, 0.2) is 0 Å². The molecule has 0 aromatic heterocycles. The monoisotopic (exact) mass is 193 g/mol. The Morgan fingerprint density at radius 2 is 2.00 bits per heavy atom. The molecule has 12 heavy (non-hydrogen) atoms. The van der Waals surface area contributed by atoms with Crippen LogP contribution < -0.4 is 5.73 Å². The maximum absolute atomic E-state index is 10.2. The number of aliphatic carboxylic acids is 2. The van der Waals surface area contributed by atoms with Crippen molar-refractivity contribution >= 4 is 23.7 Å². The van der Waals surface area contributed by atoms with Crippen LogP contribution in [0.15, 0.2) is 0 Å². The van der Waals surface area contributed by atoms with Crippen LogP contribution in [-0.4, -0.2) is 39.7 Å². The summed E-state index contributed by atoms with van der Waals surface area (Å²) in [6.07, 6.45) is 0.299. The second-order valence-electron chi connectivity index (χ2n) is 2.18. The fourth-order valence-electron chi connectivity index (χ4n) is 0.493. The van der Waals surface area contributed by atoms with Gasteiger partial charge in [-0.25, -0.2) is 0 Å². The molecule has 5 nitrogen and oxygen atoms in total. The molecule has 0 aromatic carbocycles. The van der Waals surface area contributed by atoms with Gasteiger partial charge in [-0.1, -0.05) is 0 Å². The quantitative estimate of drug-likeness (QED) is 0.496. The van der Waals surface area contributed by atoms with Gasteiger partial charge in [-0.15, -0.1) is 0 Å². The zero-order valence-corrected chi connectivity index (χ0v) is 7.21. The molecule has 0 aliphatic carbocycles. The standard InChI is InChI=1S/C6H11NO4S/c7-4(6(10)11)1-2-12-3-5(8)9/h4H,1-3,7H2,(H,8,9)(H,10,11)/t4-/m1/s1. The minimum Gasteiger partial charge on any atom is -0.481 e. The van der Waals surface area contributed by atoms with Gasteiger partial charge in [-0.05, 0) is 12.2 Å². The molecular formula is C6H11NO4S. The largest absolute Gasteiger partial charge is 0.481 e. The zero-order chi connectivity index (χ0) is 9.56. The third kappa shape index (κ3) is 5.99. The summed E-state index contributed by atoms with van der Waals surface area (Å²) < 4.78 is 0. The van der Waals surface area contributed by atoms with Gasteiger partial charge in [0.25, 0.3) is 0 Å². The van der Waals surface area contributed by atoms with Crippen molar-refractivity contribution in [2.75, 3.05) is 11.5 Å². The Morgan fingerprint density at radius 1 is 1.42 bits per heavy atom. The van der Waals surface area contributed by atoms with Crippen LogP contribution in [0, 0.1) is 0 Å². The van der Waals surface area contributed by atoms with Crippen molar-refractivity contribution in [2.45, 2.75) is 12.5 Å². The Hall–Kier alpha value is -0.750. The van der Waals surface area contributed by atoms with E-state index in [4.69, 9.17) is 15.9 Å². The van der Waals surface area contributed by atoms with E-state index < -0.39 is 18.0 Å². The predicted octanol–water partition coefficient (Wildman–Crippen LogP) is -0.394. The van der Waals surface area contributed by atoms with Crippen LogP contribution in [0.2, 0.25) is 0 Å². The van der Waals surface area contributed by atoms with Crippen LogP contribution in [0.3, 0.4) is 0 Å². The Labute approximate surface area is 73.9 Å². The molecule has 0 aliphatic rings. The van der Waals surface area contributed by atoms with Gasteiger partial charge in [-0.3, -0.25) is 9.59 Å². The molecule has 0 saturated carbocycles. The minimum atomic E-state index is -1.05. The van der Waals surface area contributed by atoms with Crippen molar-refractivity contribution in [3.63, 3.8) is 0 Å². The molecule has 1 atom stereocenters. The van der Waals surface area contributed by atoms with Gasteiger partial charge in [0.1, 0.15) is 6.04 Å². The molecule has 6 heteroatoms. The SMILES string of the molecule is N[C@H](CCSCC(=O)O)C(=O)O. The summed E-state index contributed by atoms with van der Waals surface area (Å²) in [6.45, 7) is 0. The van der Waals surface area contributed by atoms with Crippen LogP contribution >= 0.6 is 11.8 Å². The van der Waals surface area contributed by atoms with Gasteiger partial charge in [0.2, 0.25) is 0 Å². The van der Waals surface area contributed by atoms with E-state index in [1.54, 1.807) is 0 Å². The lowest BCUT2D eigenvalue weighted by molar-refractivity contribution is -0.138. The highest BCUT2D eigenvalue weighted by Crippen LogP contribution is 2.03. The van der Waals surface area contributed by atoms with Crippen molar-refractivity contribution in [3.8, 4) is 0 Å². The summed E-state index contributed by atoms with van der Waals surface area (Å²) in [6, 6.07) is -0.883. The van der Waals surface area contributed by atoms with Gasteiger partial charge in [-0.2, -0.15) is 11.8 Å². The van der Waals surface area contributed by atoms with E-state index in [2.05, 4.69) is 0 Å². The topological polar surface area (TPSA) is 101 Å². The highest BCUT2D eigenvalue weighted by atomic mass is 32.2. The summed E-state index contributed by atoms with van der Waals surface area (Å²) in [5.41, 5.74) is 5.17. The van der Waals surface area contributed by atoms with Crippen molar-refractivity contribution in [1.29, 1.82) is 0 Å². The number of hydrogen-bond donors (Lipinski definition) is 3. The highest BCUT2D eigenvalue weighted by molar-refractivity contribution is 7.99. The van der Waals surface area contributed by atoms with Gasteiger partial charge in [0.05, 0.1) is 5.75 Å². The molecule has 0 heterocycles. The first kappa shape index (κ1) is 11.2. The van der Waals surface area contributed by atoms with Gasteiger partial charge < -0.3 is 15.9 Å². The van der Waals surface area contributed by atoms with Crippen molar-refractivity contribution < 1.29 is 19.8 Å². The molecule has 0 rings (SSSR count). The van der Waals surface area contributed by atoms with Crippen molar-refractivity contribution in [3.05, 3.63) is 0 Å². The third-order valence-corrected chi connectivity index (χ3v) is 2.09. The number of carbonyl (C=O) groups is 2. The van der Waals surface area contributed by atoms with E-state index >= 15 is 0 Å². The number of carboxylic acids is 2. The second-order valence-corrected chi connectivity index (χ2v) is 3.28. The van der Waals surface area contributed by atoms with Crippen LogP contribution in [0.5, 0.6) is 0 Å². The smallest absolute Gasteiger partial charge is 0.320 e. The molecule has 0 radical (unpaired) electrons. The summed E-state index contributed by atoms with van der Waals surface area (Å²) in [4.78, 5) is 20.2. The van der Waals surface area contributed by atoms with E-state index in [-0.39, 0.29) is 5.75 Å². The molecule has 0 amide bonds. The van der Waals surface area contributed by atoms with Gasteiger partial charge in [0, 0.05) is 0 Å². The van der Waals surface area contributed by atoms with E-state index in [0.29, 0.717) is 12.2 Å². The first-order valence-corrected chi connectivity index (χ1v) is 4.47. The average molecular weight is 193 g/mol. The van der Waals surface area contributed by atoms with E-state index in [0.717, 1.165) is 11.8 Å². The summed E-state index contributed by atoms with van der Waals surface area (Å²) >= 11 is 1.16. The Balaban J connectivity index is 3.31. The number of thioether (sulfide) groups is 1. The Morgan fingerprint density at radius 3 is 2.42 bits per heavy atom. The molecule has 0 aliphatic heterocycles. The molecule has 0 unspecified atom stereocenters. The van der Waals surface area contributed by atoms with Crippen LogP contribution in [0.1, 0.15) is 6.42 Å². The lowest BCUT2D eigenvalue weighted by Gasteiger charge is -2.03. The molecule has 4 N–H and O–H groups in total. The van der Waals surface area contributed by atoms with Crippen LogP contribution in [0.25, 0.3) is 0 Å². The first-order chi connectivity index (χ1) is 5.54. The normalized spacial score (nSPS) is 12.4. The van der Waals surface area contributed by atoms with E-state index in [1.165, 1.54) is 0 Å². The van der Waals surface area contributed by atoms with Crippen LogP contribution in [-0.2, 0) is 9.59 Å². The molecular weight excluding hydrogens is 182 g/mol. The number of carboxylic acid groups (broad SMARTS) is 2. The van der Waals surface area contributed by atoms with E-state index in [9.17, 15) is 9.59 Å². The number of nitrogens with two attached hydrogens (primary N) is 1. The van der Waals surface area contributed by atoms with E-state index in [1.807, 2.05) is 0 Å². The molecule has 0 spiro atoms. The second kappa shape index (κ2) is 5.84. The number of rotatable bonds is 6. The summed E-state index contributed by atoms with van der Waals surface area (Å²) in [5, 5.41) is 16.6. The van der Waals surface area contributed by atoms with Crippen molar-refractivity contribution in [2.24, 2.45) is 5.73 Å². The highest BCUT2D eigenvalue weighted by Gasteiger charge is 2.10. The molecule has 0 aromatic rings. The summed E-state index contributed by atoms with van der Waals surface area (Å²) in [5.74, 6) is -1.50. The molecule has 70 valence electrons. The fraction of sp³-hybridized carbons (Fsp3) is 0.667. The Bertz CT molecular complexity index is 173. The zero-order valence-electron chi connectivity index (χ0n) is 6.40. The fourth-order valence-corrected chi connectivity index (χ4v) is 1.23. The lowest BCUT2D eigenvalue weighted by Crippen LogP contribution is -2.30. The maximum Gasteiger partial charge on any atom is 0.320 e. The van der Waals surface area contributed by atoms with Gasteiger partial charge >= 0.3 is 11.9 Å². The minimum absolute atomic E-state index is 0.00760. The lowest BCUT2D eigenvalue weighted by atomic mass is 10.2. The third-order valence-electron chi connectivity index (χ3n) is 1.12. The first-order valence-electron chi connectivity index (χ1n) is 3.32.